The van der Waals surface area contributed by atoms with Crippen molar-refractivity contribution in [3.05, 3.63) is 11.3 Å². The van der Waals surface area contributed by atoms with Crippen molar-refractivity contribution < 1.29 is 4.74 Å². The van der Waals surface area contributed by atoms with Crippen molar-refractivity contribution in [3.8, 4) is 0 Å². The normalized spacial score (nSPS) is 19.4. The van der Waals surface area contributed by atoms with Gasteiger partial charge >= 0.3 is 0 Å². The molecular weight excluding hydrogens is 196 g/mol. The van der Waals surface area contributed by atoms with Gasteiger partial charge < -0.3 is 4.74 Å². The number of aromatic nitrogens is 2. The minimum Gasteiger partial charge on any atom is -0.370 e. The number of fused-ring (bicyclic) bond motifs is 1. The average Bonchev–Trinajstić information content (AvgIpc) is 2.47. The van der Waals surface area contributed by atoms with Crippen molar-refractivity contribution >= 4 is 11.8 Å². The number of ether oxygens (including phenoxy) is 1. The topological polar surface area (TPSA) is 37.9 Å². The van der Waals surface area contributed by atoms with Crippen molar-refractivity contribution in [2.45, 2.75) is 44.4 Å². The smallest absolute Gasteiger partial charge is 0.124 e. The summed E-state index contributed by atoms with van der Waals surface area (Å²) in [6, 6.07) is 0. The molecule has 1 aliphatic heterocycles. The second kappa shape index (κ2) is 3.59. The molecule has 3 nitrogen and oxygen atoms in total. The van der Waals surface area contributed by atoms with Crippen LogP contribution < -0.4 is 0 Å². The summed E-state index contributed by atoms with van der Waals surface area (Å²) in [7, 11) is 0. The van der Waals surface area contributed by atoms with E-state index in [1.807, 2.05) is 0 Å². The molecule has 14 heavy (non-hydrogen) atoms. The van der Waals surface area contributed by atoms with E-state index in [0.717, 1.165) is 17.2 Å². The number of aromatic amines is 1. The van der Waals surface area contributed by atoms with Gasteiger partial charge in [-0.1, -0.05) is 6.92 Å². The monoisotopic (exact) mass is 212 g/mol. The molecule has 4 heteroatoms. The van der Waals surface area contributed by atoms with Crippen LogP contribution in [0.25, 0.3) is 0 Å². The zero-order valence-corrected chi connectivity index (χ0v) is 9.70. The van der Waals surface area contributed by atoms with Crippen LogP contribution >= 0.6 is 11.8 Å². The second-order valence-electron chi connectivity index (χ2n) is 4.14. The van der Waals surface area contributed by atoms with E-state index in [4.69, 9.17) is 4.74 Å². The van der Waals surface area contributed by atoms with E-state index in [1.54, 1.807) is 11.8 Å². The van der Waals surface area contributed by atoms with Crippen molar-refractivity contribution in [1.29, 1.82) is 0 Å². The minimum absolute atomic E-state index is 0.0479. The third kappa shape index (κ3) is 1.81. The molecule has 0 aliphatic carbocycles. The zero-order chi connectivity index (χ0) is 10.2. The Bertz CT molecular complexity index is 333. The van der Waals surface area contributed by atoms with Gasteiger partial charge in [0.1, 0.15) is 5.03 Å². The van der Waals surface area contributed by atoms with Crippen molar-refractivity contribution in [3.63, 3.8) is 0 Å². The number of rotatable bonds is 2. The van der Waals surface area contributed by atoms with E-state index < -0.39 is 0 Å². The Morgan fingerprint density at radius 3 is 3.07 bits per heavy atom. The molecule has 0 unspecified atom stereocenters. The molecule has 0 radical (unpaired) electrons. The molecule has 0 saturated heterocycles. The molecule has 1 aromatic heterocycles. The molecule has 2 heterocycles. The van der Waals surface area contributed by atoms with Crippen LogP contribution in [0.4, 0.5) is 0 Å². The van der Waals surface area contributed by atoms with Gasteiger partial charge in [-0.25, -0.2) is 0 Å². The van der Waals surface area contributed by atoms with Gasteiger partial charge in [-0.2, -0.15) is 5.10 Å². The van der Waals surface area contributed by atoms with Gasteiger partial charge in [-0.15, -0.1) is 11.8 Å². The predicted octanol–water partition coefficient (Wildman–Crippen LogP) is 2.37. The zero-order valence-electron chi connectivity index (χ0n) is 8.89. The third-order valence-corrected chi connectivity index (χ3v) is 3.31. The first-order chi connectivity index (χ1) is 6.62. The summed E-state index contributed by atoms with van der Waals surface area (Å²) in [5.74, 6) is 1.06. The lowest BCUT2D eigenvalue weighted by Crippen LogP contribution is -2.31. The summed E-state index contributed by atoms with van der Waals surface area (Å²) < 4.78 is 5.76. The summed E-state index contributed by atoms with van der Waals surface area (Å²) in [6.07, 6.45) is 0.930. The molecule has 0 bridgehead atoms. The molecule has 1 N–H and O–H groups in total. The fourth-order valence-electron chi connectivity index (χ4n) is 1.68. The van der Waals surface area contributed by atoms with E-state index in [0.29, 0.717) is 6.61 Å². The molecule has 0 fully saturated rings. The van der Waals surface area contributed by atoms with E-state index in [-0.39, 0.29) is 5.60 Å². The van der Waals surface area contributed by atoms with E-state index in [9.17, 15) is 0 Å². The fraction of sp³-hybridized carbons (Fsp3) is 0.700. The second-order valence-corrected chi connectivity index (χ2v) is 5.40. The first kappa shape index (κ1) is 10.1. The van der Waals surface area contributed by atoms with Crippen LogP contribution in [0.1, 0.15) is 32.0 Å². The first-order valence-electron chi connectivity index (χ1n) is 4.95. The maximum Gasteiger partial charge on any atom is 0.124 e. The van der Waals surface area contributed by atoms with E-state index in [2.05, 4.69) is 31.0 Å². The van der Waals surface area contributed by atoms with Crippen molar-refractivity contribution in [2.75, 3.05) is 5.75 Å². The Kier molecular flexibility index (Phi) is 2.58. The predicted molar refractivity (Wildman–Crippen MR) is 57.6 cm³/mol. The summed E-state index contributed by atoms with van der Waals surface area (Å²) in [5, 5.41) is 8.54. The van der Waals surface area contributed by atoms with Gasteiger partial charge in [-0.3, -0.25) is 5.10 Å². The van der Waals surface area contributed by atoms with Crippen LogP contribution in [-0.4, -0.2) is 21.6 Å². The molecule has 1 aliphatic rings. The van der Waals surface area contributed by atoms with Crippen LogP contribution in [0.15, 0.2) is 5.03 Å². The van der Waals surface area contributed by atoms with Crippen LogP contribution in [0.2, 0.25) is 0 Å². The van der Waals surface area contributed by atoms with Gasteiger partial charge in [0.05, 0.1) is 12.2 Å². The van der Waals surface area contributed by atoms with Gasteiger partial charge in [-0.05, 0) is 19.6 Å². The molecule has 2 rings (SSSR count). The molecule has 1 aromatic rings. The summed E-state index contributed by atoms with van der Waals surface area (Å²) in [6.45, 7) is 7.06. The number of hydrogen-bond donors (Lipinski definition) is 1. The minimum atomic E-state index is -0.0479. The van der Waals surface area contributed by atoms with Crippen LogP contribution in [-0.2, 0) is 17.8 Å². The SMILES string of the molecule is CCSc1n[nH]c2c1COC(C)(C)C2. The Morgan fingerprint density at radius 2 is 2.36 bits per heavy atom. The summed E-state index contributed by atoms with van der Waals surface area (Å²) in [4.78, 5) is 0. The van der Waals surface area contributed by atoms with Crippen LogP contribution in [0.5, 0.6) is 0 Å². The lowest BCUT2D eigenvalue weighted by molar-refractivity contribution is -0.0416. The number of H-pyrrole nitrogens is 1. The highest BCUT2D eigenvalue weighted by Gasteiger charge is 2.29. The van der Waals surface area contributed by atoms with Crippen molar-refractivity contribution in [1.82, 2.24) is 10.2 Å². The lowest BCUT2D eigenvalue weighted by atomic mass is 9.97. The molecular formula is C10H16N2OS. The van der Waals surface area contributed by atoms with Crippen LogP contribution in [0, 0.1) is 0 Å². The summed E-state index contributed by atoms with van der Waals surface area (Å²) >= 11 is 1.77. The Labute approximate surface area is 88.6 Å². The fourth-order valence-corrected chi connectivity index (χ4v) is 2.42. The van der Waals surface area contributed by atoms with Gasteiger partial charge in [0.25, 0.3) is 0 Å². The Balaban J connectivity index is 2.25. The number of nitrogens with one attached hydrogen (secondary N) is 1. The van der Waals surface area contributed by atoms with Gasteiger partial charge in [0, 0.05) is 17.7 Å². The first-order valence-corrected chi connectivity index (χ1v) is 5.94. The molecule has 0 amide bonds. The largest absolute Gasteiger partial charge is 0.370 e. The Hall–Kier alpha value is -0.480. The highest BCUT2D eigenvalue weighted by atomic mass is 32.2. The molecule has 78 valence electrons. The molecule has 0 atom stereocenters. The van der Waals surface area contributed by atoms with Gasteiger partial charge in [0.15, 0.2) is 0 Å². The van der Waals surface area contributed by atoms with Gasteiger partial charge in [0.2, 0.25) is 0 Å². The maximum absolute atomic E-state index is 5.76. The highest BCUT2D eigenvalue weighted by molar-refractivity contribution is 7.99. The van der Waals surface area contributed by atoms with Crippen molar-refractivity contribution in [2.24, 2.45) is 0 Å². The number of hydrogen-bond acceptors (Lipinski definition) is 3. The number of nitrogens with zero attached hydrogens (tertiary/aromatic N) is 1. The number of thioether (sulfide) groups is 1. The highest BCUT2D eigenvalue weighted by Crippen LogP contribution is 2.31. The lowest BCUT2D eigenvalue weighted by Gasteiger charge is -2.29. The molecule has 0 aromatic carbocycles. The van der Waals surface area contributed by atoms with E-state index >= 15 is 0 Å². The standard InChI is InChI=1S/C10H16N2OS/c1-4-14-9-7-6-13-10(2,3)5-8(7)11-12-9/h4-6H2,1-3H3,(H,11,12). The Morgan fingerprint density at radius 1 is 1.57 bits per heavy atom. The molecule has 0 saturated carbocycles. The summed E-state index contributed by atoms with van der Waals surface area (Å²) in [5.41, 5.74) is 2.46. The third-order valence-electron chi connectivity index (χ3n) is 2.41. The van der Waals surface area contributed by atoms with Crippen LogP contribution in [0.3, 0.4) is 0 Å². The maximum atomic E-state index is 5.76. The van der Waals surface area contributed by atoms with E-state index in [1.165, 1.54) is 11.3 Å². The average molecular weight is 212 g/mol. The quantitative estimate of drug-likeness (QED) is 0.765. The molecule has 0 spiro atoms.